The van der Waals surface area contributed by atoms with E-state index in [-0.39, 0.29) is 5.91 Å². The number of benzene rings is 2. The van der Waals surface area contributed by atoms with Crippen molar-refractivity contribution in [2.45, 2.75) is 43.9 Å². The van der Waals surface area contributed by atoms with Crippen molar-refractivity contribution in [3.8, 4) is 5.75 Å². The van der Waals surface area contributed by atoms with Crippen molar-refractivity contribution < 1.29 is 17.9 Å². The molecule has 1 N–H and O–H groups in total. The smallest absolute Gasteiger partial charge is 0.243 e. The second kappa shape index (κ2) is 9.89. The quantitative estimate of drug-likeness (QED) is 0.710. The highest BCUT2D eigenvalue weighted by Crippen LogP contribution is 2.21. The number of carbonyl (C=O) groups excluding carboxylic acids is 1. The van der Waals surface area contributed by atoms with Crippen molar-refractivity contribution in [2.75, 3.05) is 25.0 Å². The van der Waals surface area contributed by atoms with Gasteiger partial charge in [-0.3, -0.25) is 4.79 Å². The van der Waals surface area contributed by atoms with Crippen LogP contribution in [-0.2, 0) is 21.2 Å². The summed E-state index contributed by atoms with van der Waals surface area (Å²) in [5.41, 5.74) is 1.66. The van der Waals surface area contributed by atoms with Gasteiger partial charge in [-0.15, -0.1) is 0 Å². The highest BCUT2D eigenvalue weighted by Gasteiger charge is 2.25. The number of ether oxygens (including phenoxy) is 1. The molecule has 0 unspecified atom stereocenters. The Bertz CT molecular complexity index is 903. The minimum atomic E-state index is -3.41. The third kappa shape index (κ3) is 5.81. The van der Waals surface area contributed by atoms with Gasteiger partial charge in [-0.1, -0.05) is 18.6 Å². The zero-order valence-corrected chi connectivity index (χ0v) is 17.6. The molecule has 1 heterocycles. The van der Waals surface area contributed by atoms with Gasteiger partial charge in [-0.2, -0.15) is 4.31 Å². The van der Waals surface area contributed by atoms with E-state index in [1.165, 1.54) is 0 Å². The van der Waals surface area contributed by atoms with Crippen LogP contribution < -0.4 is 10.1 Å². The van der Waals surface area contributed by atoms with Crippen molar-refractivity contribution in [1.82, 2.24) is 4.31 Å². The summed E-state index contributed by atoms with van der Waals surface area (Å²) in [6.07, 6.45) is 3.80. The fourth-order valence-electron chi connectivity index (χ4n) is 3.36. The second-order valence-corrected chi connectivity index (χ2v) is 9.05. The maximum Gasteiger partial charge on any atom is 0.243 e. The Morgan fingerprint density at radius 2 is 1.66 bits per heavy atom. The minimum absolute atomic E-state index is 0.0841. The molecule has 1 aliphatic heterocycles. The van der Waals surface area contributed by atoms with Crippen LogP contribution in [0.3, 0.4) is 0 Å². The number of aryl methyl sites for hydroxylation is 1. The Morgan fingerprint density at radius 1 is 1.00 bits per heavy atom. The molecule has 0 aliphatic carbocycles. The number of amides is 1. The molecule has 7 heteroatoms. The van der Waals surface area contributed by atoms with E-state index in [9.17, 15) is 13.2 Å². The molecule has 1 fully saturated rings. The van der Waals surface area contributed by atoms with E-state index < -0.39 is 10.0 Å². The number of rotatable bonds is 8. The van der Waals surface area contributed by atoms with Crippen molar-refractivity contribution in [3.63, 3.8) is 0 Å². The third-order valence-corrected chi connectivity index (χ3v) is 6.88. The molecule has 0 radical (unpaired) electrons. The normalized spacial score (nSPS) is 15.1. The molecule has 29 heavy (non-hydrogen) atoms. The summed E-state index contributed by atoms with van der Waals surface area (Å²) >= 11 is 0. The summed E-state index contributed by atoms with van der Waals surface area (Å²) in [4.78, 5) is 12.5. The molecule has 0 aromatic heterocycles. The Hall–Kier alpha value is -2.38. The van der Waals surface area contributed by atoms with E-state index in [0.717, 1.165) is 36.3 Å². The van der Waals surface area contributed by atoms with Crippen molar-refractivity contribution in [3.05, 3.63) is 54.1 Å². The lowest BCUT2D eigenvalue weighted by Gasteiger charge is -2.25. The van der Waals surface area contributed by atoms with Crippen LogP contribution in [0.4, 0.5) is 5.69 Å². The van der Waals surface area contributed by atoms with Gasteiger partial charge in [-0.25, -0.2) is 8.42 Å². The Labute approximate surface area is 172 Å². The zero-order valence-electron chi connectivity index (χ0n) is 16.8. The van der Waals surface area contributed by atoms with Gasteiger partial charge in [0.2, 0.25) is 15.9 Å². The van der Waals surface area contributed by atoms with Gasteiger partial charge < -0.3 is 10.1 Å². The lowest BCUT2D eigenvalue weighted by Crippen LogP contribution is -2.35. The highest BCUT2D eigenvalue weighted by atomic mass is 32.2. The molecule has 1 aliphatic rings. The van der Waals surface area contributed by atoms with Gasteiger partial charge in [0.1, 0.15) is 5.75 Å². The first kappa shape index (κ1) is 21.3. The van der Waals surface area contributed by atoms with E-state index in [1.807, 2.05) is 31.2 Å². The van der Waals surface area contributed by atoms with Crippen LogP contribution in [0, 0.1) is 0 Å². The van der Waals surface area contributed by atoms with Crippen molar-refractivity contribution >= 4 is 21.6 Å². The average molecular weight is 417 g/mol. The zero-order chi connectivity index (χ0) is 20.7. The first-order valence-electron chi connectivity index (χ1n) is 10.1. The summed E-state index contributed by atoms with van der Waals surface area (Å²) < 4.78 is 32.3. The van der Waals surface area contributed by atoms with Crippen LogP contribution in [0.1, 0.15) is 38.2 Å². The van der Waals surface area contributed by atoms with Gasteiger partial charge >= 0.3 is 0 Å². The Kier molecular flexibility index (Phi) is 7.28. The lowest BCUT2D eigenvalue weighted by atomic mass is 10.1. The molecular formula is C22H28N2O4S. The highest BCUT2D eigenvalue weighted by molar-refractivity contribution is 7.89. The number of piperidine rings is 1. The number of nitrogens with one attached hydrogen (secondary N) is 1. The Morgan fingerprint density at radius 3 is 2.28 bits per heavy atom. The molecule has 156 valence electrons. The second-order valence-electron chi connectivity index (χ2n) is 7.11. The Balaban J connectivity index is 1.52. The maximum absolute atomic E-state index is 12.7. The molecule has 2 aromatic rings. The van der Waals surface area contributed by atoms with E-state index in [0.29, 0.717) is 37.4 Å². The SMILES string of the molecule is CCOc1ccc(NC(=O)CCc2ccc(S(=O)(=O)N3CCCCC3)cc2)cc1. The monoisotopic (exact) mass is 416 g/mol. The van der Waals surface area contributed by atoms with E-state index in [2.05, 4.69) is 5.32 Å². The summed E-state index contributed by atoms with van der Waals surface area (Å²) in [5, 5.41) is 2.86. The maximum atomic E-state index is 12.7. The van der Waals surface area contributed by atoms with E-state index in [1.54, 1.807) is 28.6 Å². The van der Waals surface area contributed by atoms with Crippen LogP contribution >= 0.6 is 0 Å². The summed E-state index contributed by atoms with van der Waals surface area (Å²) in [6.45, 7) is 3.71. The standard InChI is InChI=1S/C22H28N2O4S/c1-2-28-20-11-9-19(10-12-20)23-22(25)15-8-18-6-13-21(14-7-18)29(26,27)24-16-4-3-5-17-24/h6-7,9-14H,2-5,8,15-17H2,1H3,(H,23,25). The van der Waals surface area contributed by atoms with Crippen molar-refractivity contribution in [1.29, 1.82) is 0 Å². The fourth-order valence-corrected chi connectivity index (χ4v) is 4.88. The molecule has 3 rings (SSSR count). The van der Waals surface area contributed by atoms with Gasteiger partial charge in [0, 0.05) is 25.2 Å². The van der Waals surface area contributed by atoms with Crippen LogP contribution in [0.2, 0.25) is 0 Å². The molecular weight excluding hydrogens is 388 g/mol. The predicted molar refractivity (Wildman–Crippen MR) is 114 cm³/mol. The summed E-state index contributed by atoms with van der Waals surface area (Å²) in [5.74, 6) is 0.685. The topological polar surface area (TPSA) is 75.7 Å². The van der Waals surface area contributed by atoms with Crippen LogP contribution in [-0.4, -0.2) is 38.3 Å². The largest absolute Gasteiger partial charge is 0.494 e. The first-order valence-corrected chi connectivity index (χ1v) is 11.5. The molecule has 1 amide bonds. The number of sulfonamides is 1. The van der Waals surface area contributed by atoms with Gasteiger partial charge in [0.25, 0.3) is 0 Å². The van der Waals surface area contributed by atoms with Crippen LogP contribution in [0.25, 0.3) is 0 Å². The van der Waals surface area contributed by atoms with Crippen LogP contribution in [0.5, 0.6) is 5.75 Å². The molecule has 0 spiro atoms. The minimum Gasteiger partial charge on any atom is -0.494 e. The number of hydrogen-bond donors (Lipinski definition) is 1. The fraction of sp³-hybridized carbons (Fsp3) is 0.409. The van der Waals surface area contributed by atoms with E-state index in [4.69, 9.17) is 4.74 Å². The molecule has 6 nitrogen and oxygen atoms in total. The lowest BCUT2D eigenvalue weighted by molar-refractivity contribution is -0.116. The molecule has 0 saturated carbocycles. The predicted octanol–water partition coefficient (Wildman–Crippen LogP) is 3.83. The van der Waals surface area contributed by atoms with Gasteiger partial charge in [-0.05, 0) is 68.1 Å². The van der Waals surface area contributed by atoms with Crippen molar-refractivity contribution in [2.24, 2.45) is 0 Å². The molecule has 0 atom stereocenters. The summed E-state index contributed by atoms with van der Waals surface area (Å²) in [6, 6.07) is 14.1. The van der Waals surface area contributed by atoms with Crippen LogP contribution in [0.15, 0.2) is 53.4 Å². The number of carbonyl (C=O) groups is 1. The molecule has 1 saturated heterocycles. The molecule has 0 bridgehead atoms. The number of hydrogen-bond acceptors (Lipinski definition) is 4. The third-order valence-electron chi connectivity index (χ3n) is 4.97. The van der Waals surface area contributed by atoms with Gasteiger partial charge in [0.05, 0.1) is 11.5 Å². The molecule has 2 aromatic carbocycles. The number of anilines is 1. The number of nitrogens with zero attached hydrogens (tertiary/aromatic N) is 1. The average Bonchev–Trinajstić information content (AvgIpc) is 2.75. The summed E-state index contributed by atoms with van der Waals surface area (Å²) in [7, 11) is -3.41. The van der Waals surface area contributed by atoms with Gasteiger partial charge in [0.15, 0.2) is 0 Å². The van der Waals surface area contributed by atoms with E-state index >= 15 is 0 Å². The first-order chi connectivity index (χ1) is 14.0.